The van der Waals surface area contributed by atoms with E-state index in [1.54, 1.807) is 25.6 Å². The van der Waals surface area contributed by atoms with Crippen LogP contribution in [0.3, 0.4) is 0 Å². The molecule has 1 fully saturated rings. The zero-order valence-electron chi connectivity index (χ0n) is 18.6. The highest BCUT2D eigenvalue weighted by molar-refractivity contribution is 8.00. The summed E-state index contributed by atoms with van der Waals surface area (Å²) >= 11 is 7.54. The van der Waals surface area contributed by atoms with E-state index in [9.17, 15) is 4.79 Å². The number of amides is 1. The fourth-order valence-corrected chi connectivity index (χ4v) is 4.64. The predicted octanol–water partition coefficient (Wildman–Crippen LogP) is 4.50. The number of piperazine rings is 1. The second-order valence-corrected chi connectivity index (χ2v) is 9.00. The summed E-state index contributed by atoms with van der Waals surface area (Å²) in [5, 5.41) is 4.25. The van der Waals surface area contributed by atoms with E-state index >= 15 is 0 Å². The summed E-state index contributed by atoms with van der Waals surface area (Å²) in [6.07, 6.45) is 3.36. The van der Waals surface area contributed by atoms with Crippen LogP contribution in [-0.4, -0.2) is 54.9 Å². The number of ether oxygens (including phenoxy) is 1. The number of hydrogen-bond acceptors (Lipinski definition) is 7. The number of carbonyl (C=O) groups excluding carboxylic acids is 1. The maximum atomic E-state index is 12.6. The van der Waals surface area contributed by atoms with Gasteiger partial charge < -0.3 is 19.9 Å². The third-order valence-electron chi connectivity index (χ3n) is 5.44. The minimum Gasteiger partial charge on any atom is -0.495 e. The molecule has 0 radical (unpaired) electrons. The molecule has 1 aromatic heterocycles. The van der Waals surface area contributed by atoms with Gasteiger partial charge in [-0.25, -0.2) is 9.97 Å². The van der Waals surface area contributed by atoms with Gasteiger partial charge in [0.1, 0.15) is 10.8 Å². The monoisotopic (exact) mass is 483 g/mol. The summed E-state index contributed by atoms with van der Waals surface area (Å²) in [6, 6.07) is 13.9. The minimum absolute atomic E-state index is 0.148. The standard InChI is InChI=1S/C24H26ClN5O2S/c1-17-14-20(21(32-2)15-19(17)25)28-22(31)16-33-24-23(26-8-9-27-24)30-12-10-29(11-13-30)18-6-4-3-5-7-18/h3-9,14-15H,10-13,16H2,1-2H3,(H,28,31). The van der Waals surface area contributed by atoms with Crippen LogP contribution in [-0.2, 0) is 4.79 Å². The van der Waals surface area contributed by atoms with Crippen LogP contribution >= 0.6 is 23.4 Å². The van der Waals surface area contributed by atoms with Crippen molar-refractivity contribution in [1.29, 1.82) is 0 Å². The van der Waals surface area contributed by atoms with Crippen LogP contribution in [0.2, 0.25) is 5.02 Å². The first-order chi connectivity index (χ1) is 16.0. The summed E-state index contributed by atoms with van der Waals surface area (Å²) in [4.78, 5) is 26.3. The Morgan fingerprint density at radius 3 is 2.52 bits per heavy atom. The number of nitrogens with one attached hydrogen (secondary N) is 1. The van der Waals surface area contributed by atoms with E-state index in [4.69, 9.17) is 16.3 Å². The average Bonchev–Trinajstić information content (AvgIpc) is 2.85. The van der Waals surface area contributed by atoms with Crippen molar-refractivity contribution in [1.82, 2.24) is 9.97 Å². The molecule has 1 saturated heterocycles. The molecule has 1 amide bonds. The van der Waals surface area contributed by atoms with Gasteiger partial charge in [-0.2, -0.15) is 0 Å². The highest BCUT2D eigenvalue weighted by Gasteiger charge is 2.22. The molecule has 9 heteroatoms. The zero-order chi connectivity index (χ0) is 23.2. The van der Waals surface area contributed by atoms with Gasteiger partial charge in [0.25, 0.3) is 0 Å². The number of benzene rings is 2. The Kier molecular flexibility index (Phi) is 7.57. The molecule has 0 unspecified atom stereocenters. The van der Waals surface area contributed by atoms with E-state index in [0.29, 0.717) is 16.5 Å². The third kappa shape index (κ3) is 5.69. The lowest BCUT2D eigenvalue weighted by Gasteiger charge is -2.37. The molecule has 4 rings (SSSR count). The van der Waals surface area contributed by atoms with Gasteiger partial charge in [-0.1, -0.05) is 41.6 Å². The largest absolute Gasteiger partial charge is 0.495 e. The summed E-state index contributed by atoms with van der Waals surface area (Å²) in [5.74, 6) is 1.41. The summed E-state index contributed by atoms with van der Waals surface area (Å²) in [6.45, 7) is 5.38. The van der Waals surface area contributed by atoms with Gasteiger partial charge in [-0.15, -0.1) is 0 Å². The van der Waals surface area contributed by atoms with Crippen LogP contribution in [0.4, 0.5) is 17.2 Å². The van der Waals surface area contributed by atoms with Crippen molar-refractivity contribution in [3.05, 3.63) is 65.4 Å². The van der Waals surface area contributed by atoms with Crippen LogP contribution in [0.15, 0.2) is 59.9 Å². The number of aryl methyl sites for hydroxylation is 1. The van der Waals surface area contributed by atoms with Crippen LogP contribution in [0.25, 0.3) is 0 Å². The predicted molar refractivity (Wildman–Crippen MR) is 135 cm³/mol. The smallest absolute Gasteiger partial charge is 0.234 e. The molecule has 1 aliphatic rings. The maximum Gasteiger partial charge on any atom is 0.234 e. The van der Waals surface area contributed by atoms with Gasteiger partial charge >= 0.3 is 0 Å². The summed E-state index contributed by atoms with van der Waals surface area (Å²) in [5.41, 5.74) is 2.70. The SMILES string of the molecule is COc1cc(Cl)c(C)cc1NC(=O)CSc1nccnc1N1CCN(c2ccccc2)CC1. The summed E-state index contributed by atoms with van der Waals surface area (Å²) in [7, 11) is 1.55. The molecule has 0 aliphatic carbocycles. The fraction of sp³-hybridized carbons (Fsp3) is 0.292. The van der Waals surface area contributed by atoms with E-state index in [2.05, 4.69) is 49.4 Å². The second-order valence-electron chi connectivity index (χ2n) is 7.63. The minimum atomic E-state index is -0.148. The van der Waals surface area contributed by atoms with E-state index in [1.165, 1.54) is 17.4 Å². The number of methoxy groups -OCH3 is 1. The molecule has 2 aromatic carbocycles. The van der Waals surface area contributed by atoms with Crippen LogP contribution in [0.5, 0.6) is 5.75 Å². The lowest BCUT2D eigenvalue weighted by atomic mass is 10.2. The highest BCUT2D eigenvalue weighted by atomic mass is 35.5. The van der Waals surface area contributed by atoms with E-state index in [1.807, 2.05) is 19.1 Å². The Morgan fingerprint density at radius 2 is 1.79 bits per heavy atom. The van der Waals surface area contributed by atoms with Gasteiger partial charge in [-0.3, -0.25) is 4.79 Å². The first kappa shape index (κ1) is 23.2. The van der Waals surface area contributed by atoms with Crippen molar-refractivity contribution in [3.8, 4) is 5.75 Å². The van der Waals surface area contributed by atoms with Gasteiger partial charge in [0.2, 0.25) is 5.91 Å². The first-order valence-electron chi connectivity index (χ1n) is 10.7. The van der Waals surface area contributed by atoms with Gasteiger partial charge in [-0.05, 0) is 30.7 Å². The van der Waals surface area contributed by atoms with Crippen molar-refractivity contribution < 1.29 is 9.53 Å². The Labute approximate surface area is 203 Å². The number of hydrogen-bond donors (Lipinski definition) is 1. The van der Waals surface area contributed by atoms with Gasteiger partial charge in [0.15, 0.2) is 5.82 Å². The topological polar surface area (TPSA) is 70.6 Å². The Bertz CT molecular complexity index is 1110. The molecule has 7 nitrogen and oxygen atoms in total. The fourth-order valence-electron chi connectivity index (χ4n) is 3.70. The molecule has 1 N–H and O–H groups in total. The molecule has 0 saturated carbocycles. The number of para-hydroxylation sites is 1. The quantitative estimate of drug-likeness (QED) is 0.496. The van der Waals surface area contributed by atoms with Crippen molar-refractivity contribution in [2.24, 2.45) is 0 Å². The van der Waals surface area contributed by atoms with Crippen molar-refractivity contribution >= 4 is 46.5 Å². The zero-order valence-corrected chi connectivity index (χ0v) is 20.2. The molecule has 2 heterocycles. The van der Waals surface area contributed by atoms with Gasteiger partial charge in [0, 0.05) is 55.3 Å². The van der Waals surface area contributed by atoms with Crippen molar-refractivity contribution in [2.45, 2.75) is 11.9 Å². The number of aromatic nitrogens is 2. The Morgan fingerprint density at radius 1 is 1.09 bits per heavy atom. The molecule has 3 aromatic rings. The number of carbonyl (C=O) groups is 1. The molecule has 0 bridgehead atoms. The summed E-state index contributed by atoms with van der Waals surface area (Å²) < 4.78 is 5.34. The van der Waals surface area contributed by atoms with E-state index in [-0.39, 0.29) is 11.7 Å². The number of thioether (sulfide) groups is 1. The first-order valence-corrected chi connectivity index (χ1v) is 12.0. The Hall–Kier alpha value is -2.97. The maximum absolute atomic E-state index is 12.6. The van der Waals surface area contributed by atoms with Crippen molar-refractivity contribution in [2.75, 3.05) is 54.2 Å². The van der Waals surface area contributed by atoms with Crippen LogP contribution < -0.4 is 19.9 Å². The van der Waals surface area contributed by atoms with E-state index < -0.39 is 0 Å². The highest BCUT2D eigenvalue weighted by Crippen LogP contribution is 2.32. The van der Waals surface area contributed by atoms with E-state index in [0.717, 1.165) is 42.6 Å². The molecule has 172 valence electrons. The van der Waals surface area contributed by atoms with Crippen LogP contribution in [0.1, 0.15) is 5.56 Å². The molecule has 33 heavy (non-hydrogen) atoms. The lowest BCUT2D eigenvalue weighted by Crippen LogP contribution is -2.47. The molecular formula is C24H26ClN5O2S. The number of anilines is 3. The molecular weight excluding hydrogens is 458 g/mol. The number of nitrogens with zero attached hydrogens (tertiary/aromatic N) is 4. The average molecular weight is 484 g/mol. The third-order valence-corrected chi connectivity index (χ3v) is 6.82. The normalized spacial score (nSPS) is 13.7. The van der Waals surface area contributed by atoms with Crippen LogP contribution in [0, 0.1) is 6.92 Å². The Balaban J connectivity index is 1.38. The number of halogens is 1. The second kappa shape index (κ2) is 10.8. The van der Waals surface area contributed by atoms with Gasteiger partial charge in [0.05, 0.1) is 18.6 Å². The molecule has 0 spiro atoms. The van der Waals surface area contributed by atoms with Crippen molar-refractivity contribution in [3.63, 3.8) is 0 Å². The molecule has 0 atom stereocenters. The molecule has 1 aliphatic heterocycles. The lowest BCUT2D eigenvalue weighted by molar-refractivity contribution is -0.113. The number of rotatable bonds is 7.